The fraction of sp³-hybridized carbons (Fsp3) is 0.133. The Bertz CT molecular complexity index is 2900. The van der Waals surface area contributed by atoms with Gasteiger partial charge in [-0.15, -0.1) is 10.5 Å². The van der Waals surface area contributed by atoms with Gasteiger partial charge < -0.3 is 4.57 Å². The number of benzene rings is 5. The van der Waals surface area contributed by atoms with Crippen molar-refractivity contribution in [2.24, 2.45) is 0 Å². The van der Waals surface area contributed by atoms with E-state index in [1.165, 1.54) is 65.0 Å². The van der Waals surface area contributed by atoms with Gasteiger partial charge in [0.15, 0.2) is 0 Å². The third-order valence-corrected chi connectivity index (χ3v) is 12.0. The molecule has 0 saturated heterocycles. The van der Waals surface area contributed by atoms with Gasteiger partial charge in [-0.3, -0.25) is 4.57 Å². The monoisotopic (exact) mass is 664 g/mol. The maximum Gasteiger partial charge on any atom is 0.235 e. The Morgan fingerprint density at radius 3 is 2.36 bits per heavy atom. The second-order valence-corrected chi connectivity index (χ2v) is 16.1. The number of rotatable bonds is 3. The average molecular weight is 665 g/mol. The second kappa shape index (κ2) is 11.0. The molecule has 0 amide bonds. The first kappa shape index (κ1) is 29.4. The molecule has 50 heavy (non-hydrogen) atoms. The van der Waals surface area contributed by atoms with E-state index in [0.717, 1.165) is 35.4 Å². The molecule has 0 saturated carbocycles. The Labute approximate surface area is 293 Å². The van der Waals surface area contributed by atoms with Crippen molar-refractivity contribution in [2.75, 3.05) is 0 Å². The zero-order valence-corrected chi connectivity index (χ0v) is 29.2. The van der Waals surface area contributed by atoms with Crippen molar-refractivity contribution in [1.29, 1.82) is 0 Å². The van der Waals surface area contributed by atoms with Gasteiger partial charge in [0.25, 0.3) is 0 Å². The molecule has 8 aromatic rings. The van der Waals surface area contributed by atoms with Gasteiger partial charge in [0.05, 0.1) is 33.3 Å². The highest BCUT2D eigenvalue weighted by molar-refractivity contribution is 8.22. The summed E-state index contributed by atoms with van der Waals surface area (Å²) < 4.78 is 4.72. The van der Waals surface area contributed by atoms with Crippen LogP contribution in [0.5, 0.6) is 0 Å². The normalized spacial score (nSPS) is 15.5. The van der Waals surface area contributed by atoms with Crippen molar-refractivity contribution in [1.82, 2.24) is 19.1 Å². The van der Waals surface area contributed by atoms with E-state index in [2.05, 4.69) is 168 Å². The molecule has 0 radical (unpaired) electrons. The van der Waals surface area contributed by atoms with E-state index in [9.17, 15) is 0 Å². The van der Waals surface area contributed by atoms with E-state index in [-0.39, 0.29) is 15.9 Å². The van der Waals surface area contributed by atoms with Crippen molar-refractivity contribution in [3.8, 4) is 11.6 Å². The number of aromatic nitrogens is 4. The van der Waals surface area contributed by atoms with Crippen LogP contribution in [-0.2, 0) is 11.8 Å². The zero-order chi connectivity index (χ0) is 33.6. The molecular weight excluding hydrogens is 629 g/mol. The lowest BCUT2D eigenvalue weighted by Gasteiger charge is -2.21. The summed E-state index contributed by atoms with van der Waals surface area (Å²) in [5.41, 5.74) is 8.18. The number of allylic oxidation sites excluding steroid dienone is 1. The third-order valence-electron chi connectivity index (χ3n) is 10.3. The summed E-state index contributed by atoms with van der Waals surface area (Å²) in [5, 5.41) is 13.7. The molecule has 5 heteroatoms. The van der Waals surface area contributed by atoms with Crippen molar-refractivity contribution >= 4 is 76.9 Å². The molecule has 0 bridgehead atoms. The molecule has 2 aliphatic rings. The minimum atomic E-state index is -0.212. The van der Waals surface area contributed by atoms with Gasteiger partial charge in [0.1, 0.15) is 0 Å². The Hall–Kier alpha value is -5.52. The molecular formula is C45H36N4S. The molecule has 0 N–H and O–H groups in total. The van der Waals surface area contributed by atoms with Gasteiger partial charge in [0, 0.05) is 37.4 Å². The smallest absolute Gasteiger partial charge is 0.235 e. The first-order valence-electron chi connectivity index (χ1n) is 17.4. The van der Waals surface area contributed by atoms with Crippen molar-refractivity contribution < 1.29 is 0 Å². The van der Waals surface area contributed by atoms with E-state index in [1.807, 2.05) is 0 Å². The molecule has 0 spiro atoms. The molecule has 0 fully saturated rings. The summed E-state index contributed by atoms with van der Waals surface area (Å²) in [6, 6.07) is 39.6. The van der Waals surface area contributed by atoms with Crippen LogP contribution in [0.25, 0.3) is 72.7 Å². The predicted octanol–water partition coefficient (Wildman–Crippen LogP) is 9.59. The Balaban J connectivity index is 1.20. The summed E-state index contributed by atoms with van der Waals surface area (Å²) in [7, 11) is -0.212. The zero-order valence-electron chi connectivity index (χ0n) is 28.4. The summed E-state index contributed by atoms with van der Waals surface area (Å²) in [4.78, 5) is 11.8. The van der Waals surface area contributed by atoms with Crippen molar-refractivity contribution in [3.63, 3.8) is 0 Å². The highest BCUT2D eigenvalue weighted by Gasteiger charge is 2.25. The van der Waals surface area contributed by atoms with Gasteiger partial charge in [-0.25, -0.2) is 9.97 Å². The molecule has 4 nitrogen and oxygen atoms in total. The molecule has 3 aromatic heterocycles. The minimum absolute atomic E-state index is 0.123. The molecule has 1 unspecified atom stereocenters. The Morgan fingerprint density at radius 2 is 1.50 bits per heavy atom. The van der Waals surface area contributed by atoms with Crippen LogP contribution in [0.2, 0.25) is 0 Å². The maximum atomic E-state index is 5.29. The fourth-order valence-electron chi connectivity index (χ4n) is 8.01. The van der Waals surface area contributed by atoms with Gasteiger partial charge in [-0.1, -0.05) is 93.6 Å². The molecule has 5 aromatic carbocycles. The fourth-order valence-corrected chi connectivity index (χ4v) is 9.65. The van der Waals surface area contributed by atoms with Crippen LogP contribution in [0.15, 0.2) is 120 Å². The number of para-hydroxylation sites is 2. The topological polar surface area (TPSA) is 35.6 Å². The molecule has 4 heterocycles. The van der Waals surface area contributed by atoms with E-state index in [4.69, 9.17) is 9.97 Å². The van der Waals surface area contributed by atoms with E-state index in [1.54, 1.807) is 0 Å². The van der Waals surface area contributed by atoms with E-state index >= 15 is 0 Å². The largest absolute Gasteiger partial charge is 0.309 e. The molecule has 1 atom stereocenters. The highest BCUT2D eigenvalue weighted by atomic mass is 32.2. The number of hydrogen-bond donors (Lipinski definition) is 0. The first-order valence-corrected chi connectivity index (χ1v) is 18.8. The summed E-state index contributed by atoms with van der Waals surface area (Å²) in [6.45, 7) is 6.72. The summed E-state index contributed by atoms with van der Waals surface area (Å²) in [6.07, 6.45) is 8.95. The van der Waals surface area contributed by atoms with Crippen LogP contribution in [0.1, 0.15) is 44.1 Å². The molecule has 10 rings (SSSR count). The lowest BCUT2D eigenvalue weighted by atomic mass is 9.89. The Morgan fingerprint density at radius 1 is 0.720 bits per heavy atom. The lowest BCUT2D eigenvalue weighted by molar-refractivity contribution is 0.571. The predicted molar refractivity (Wildman–Crippen MR) is 213 cm³/mol. The van der Waals surface area contributed by atoms with Gasteiger partial charge >= 0.3 is 0 Å². The lowest BCUT2D eigenvalue weighted by Crippen LogP contribution is -2.32. The second-order valence-electron chi connectivity index (χ2n) is 14.4. The Kier molecular flexibility index (Phi) is 6.46. The van der Waals surface area contributed by atoms with Gasteiger partial charge in [-0.2, -0.15) is 0 Å². The average Bonchev–Trinajstić information content (AvgIpc) is 3.67. The molecule has 242 valence electrons. The van der Waals surface area contributed by atoms with Crippen molar-refractivity contribution in [3.05, 3.63) is 143 Å². The standard InChI is InChI=1S/C45H36N4S/c1-45(2,3)43-34-18-9-11-19-37(34)46-44(47-43)49-38-20-12-10-17-33(38)36-28-50(26-25-40(36)49)31-22-24-39-35(27-31)42-32-16-8-7-13-29(32)21-23-41(42)48(39)30-14-5-4-6-15-30/h4-9,11-16,18-28H,10,17H2,1-3H3. The summed E-state index contributed by atoms with van der Waals surface area (Å²) in [5.74, 6) is 0.750. The van der Waals surface area contributed by atoms with Gasteiger partial charge in [0.2, 0.25) is 5.95 Å². The van der Waals surface area contributed by atoms with Crippen LogP contribution < -0.4 is 10.6 Å². The maximum absolute atomic E-state index is 5.29. The number of hydrogen-bond acceptors (Lipinski definition) is 2. The van der Waals surface area contributed by atoms with Crippen LogP contribution in [0, 0.1) is 0 Å². The van der Waals surface area contributed by atoms with Crippen LogP contribution in [0.4, 0.5) is 0 Å². The van der Waals surface area contributed by atoms with Crippen LogP contribution in [0.3, 0.4) is 0 Å². The SMILES string of the molecule is CC(C)(C)c1nc(-n2c3c(c4c2=CC=S(c2ccc5c(c2)c2c6ccccc6ccc2n5-c2ccccc2)C=4)CCC=C3)nc2ccccc12. The van der Waals surface area contributed by atoms with Crippen LogP contribution >= 0.6 is 10.5 Å². The van der Waals surface area contributed by atoms with Gasteiger partial charge in [-0.05, 0) is 94.6 Å². The van der Waals surface area contributed by atoms with Crippen LogP contribution in [-0.4, -0.2) is 24.5 Å². The molecule has 1 aliphatic heterocycles. The van der Waals surface area contributed by atoms with E-state index < -0.39 is 0 Å². The highest BCUT2D eigenvalue weighted by Crippen LogP contribution is 2.40. The third kappa shape index (κ3) is 4.43. The van der Waals surface area contributed by atoms with E-state index in [0.29, 0.717) is 0 Å². The number of nitrogens with zero attached hydrogens (tertiary/aromatic N) is 4. The summed E-state index contributed by atoms with van der Waals surface area (Å²) >= 11 is 0. The minimum Gasteiger partial charge on any atom is -0.309 e. The molecule has 1 aliphatic carbocycles. The first-order chi connectivity index (χ1) is 24.4. The van der Waals surface area contributed by atoms with Crippen molar-refractivity contribution in [2.45, 2.75) is 43.9 Å². The quantitative estimate of drug-likeness (QED) is 0.176. The number of fused-ring (bicyclic) bond motifs is 9.